The van der Waals surface area contributed by atoms with Gasteiger partial charge in [-0.3, -0.25) is 4.79 Å². The van der Waals surface area contributed by atoms with Gasteiger partial charge in [-0.25, -0.2) is 0 Å². The lowest BCUT2D eigenvalue weighted by atomic mass is 9.85. The average molecular weight is 278 g/mol. The van der Waals surface area contributed by atoms with Crippen LogP contribution in [0.1, 0.15) is 55.1 Å². The number of ketones is 1. The molecule has 20 heavy (non-hydrogen) atoms. The third-order valence-electron chi connectivity index (χ3n) is 3.87. The first kappa shape index (κ1) is 16.7. The van der Waals surface area contributed by atoms with Gasteiger partial charge in [-0.15, -0.1) is 0 Å². The average Bonchev–Trinajstić information content (AvgIpc) is 2.43. The Labute approximate surface area is 122 Å². The van der Waals surface area contributed by atoms with E-state index in [1.165, 1.54) is 0 Å². The molecular weight excluding hydrogens is 252 g/mol. The second-order valence-electron chi connectivity index (χ2n) is 5.12. The van der Waals surface area contributed by atoms with Gasteiger partial charge in [0.2, 0.25) is 0 Å². The molecule has 0 aliphatic rings. The highest BCUT2D eigenvalue weighted by atomic mass is 16.5. The Morgan fingerprint density at radius 3 is 2.20 bits per heavy atom. The van der Waals surface area contributed by atoms with E-state index in [-0.39, 0.29) is 5.78 Å². The Bertz CT molecular complexity index is 473. The molecule has 0 aliphatic carbocycles. The van der Waals surface area contributed by atoms with Crippen molar-refractivity contribution in [1.29, 1.82) is 0 Å². The van der Waals surface area contributed by atoms with Crippen molar-refractivity contribution in [3.8, 4) is 5.75 Å². The first-order chi connectivity index (χ1) is 9.45. The second kappa shape index (κ2) is 6.89. The maximum atomic E-state index is 13.0. The van der Waals surface area contributed by atoms with Gasteiger partial charge in [-0.1, -0.05) is 19.9 Å². The third-order valence-corrected chi connectivity index (χ3v) is 3.87. The van der Waals surface area contributed by atoms with Crippen molar-refractivity contribution in [1.82, 2.24) is 0 Å². The van der Waals surface area contributed by atoms with Crippen LogP contribution in [0.4, 0.5) is 0 Å². The van der Waals surface area contributed by atoms with E-state index in [4.69, 9.17) is 9.47 Å². The van der Waals surface area contributed by atoms with Crippen LogP contribution in [0.25, 0.3) is 0 Å². The molecule has 1 aromatic rings. The predicted octanol–water partition coefficient (Wildman–Crippen LogP) is 4.09. The molecule has 0 radical (unpaired) electrons. The SMILES string of the molecule is CCOC(CC)(CC)C(=O)c1c(C)cc(C)cc1OC. The molecule has 0 amide bonds. The van der Waals surface area contributed by atoms with E-state index in [0.717, 1.165) is 11.1 Å². The molecule has 0 aromatic heterocycles. The predicted molar refractivity (Wildman–Crippen MR) is 81.7 cm³/mol. The van der Waals surface area contributed by atoms with Crippen LogP contribution in [0, 0.1) is 13.8 Å². The minimum atomic E-state index is -0.748. The van der Waals surface area contributed by atoms with Gasteiger partial charge in [0, 0.05) is 6.61 Å². The molecule has 0 heterocycles. The lowest BCUT2D eigenvalue weighted by molar-refractivity contribution is -0.0252. The molecule has 3 nitrogen and oxygen atoms in total. The van der Waals surface area contributed by atoms with Gasteiger partial charge in [-0.2, -0.15) is 0 Å². The van der Waals surface area contributed by atoms with E-state index >= 15 is 0 Å². The molecule has 0 bridgehead atoms. The topological polar surface area (TPSA) is 35.5 Å². The van der Waals surface area contributed by atoms with Crippen LogP contribution < -0.4 is 4.74 Å². The summed E-state index contributed by atoms with van der Waals surface area (Å²) in [5.74, 6) is 0.664. The summed E-state index contributed by atoms with van der Waals surface area (Å²) in [6.07, 6.45) is 1.32. The fraction of sp³-hybridized carbons (Fsp3) is 0.588. The first-order valence-corrected chi connectivity index (χ1v) is 7.29. The Kier molecular flexibility index (Phi) is 5.75. The molecule has 3 heteroatoms. The van der Waals surface area contributed by atoms with Gasteiger partial charge in [0.15, 0.2) is 5.78 Å². The van der Waals surface area contributed by atoms with Crippen molar-refractivity contribution in [2.24, 2.45) is 0 Å². The van der Waals surface area contributed by atoms with E-state index < -0.39 is 5.60 Å². The fourth-order valence-electron chi connectivity index (χ4n) is 2.73. The molecule has 0 fully saturated rings. The number of Topliss-reactive ketones (excluding diaryl/α,β-unsaturated/α-hetero) is 1. The second-order valence-corrected chi connectivity index (χ2v) is 5.12. The van der Waals surface area contributed by atoms with E-state index in [1.807, 2.05) is 46.8 Å². The molecular formula is C17H26O3. The maximum absolute atomic E-state index is 13.0. The number of hydrogen-bond acceptors (Lipinski definition) is 3. The van der Waals surface area contributed by atoms with Gasteiger partial charge in [0.05, 0.1) is 12.7 Å². The van der Waals surface area contributed by atoms with Gasteiger partial charge in [-0.05, 0) is 50.8 Å². The fourth-order valence-corrected chi connectivity index (χ4v) is 2.73. The first-order valence-electron chi connectivity index (χ1n) is 7.29. The molecule has 1 rings (SSSR count). The number of rotatable bonds is 7. The number of methoxy groups -OCH3 is 1. The highest BCUT2D eigenvalue weighted by molar-refractivity contribution is 6.05. The third kappa shape index (κ3) is 3.04. The Hall–Kier alpha value is -1.35. The molecule has 0 spiro atoms. The van der Waals surface area contributed by atoms with Crippen LogP contribution in [0.2, 0.25) is 0 Å². The maximum Gasteiger partial charge on any atom is 0.198 e. The Balaban J connectivity index is 3.39. The molecule has 0 atom stereocenters. The summed E-state index contributed by atoms with van der Waals surface area (Å²) in [6, 6.07) is 3.92. The molecule has 0 N–H and O–H groups in total. The van der Waals surface area contributed by atoms with Crippen LogP contribution in [0.15, 0.2) is 12.1 Å². The van der Waals surface area contributed by atoms with Crippen molar-refractivity contribution in [2.45, 2.75) is 53.1 Å². The number of ether oxygens (including phenoxy) is 2. The summed E-state index contributed by atoms with van der Waals surface area (Å²) in [4.78, 5) is 13.0. The summed E-state index contributed by atoms with van der Waals surface area (Å²) < 4.78 is 11.2. The minimum Gasteiger partial charge on any atom is -0.496 e. The quantitative estimate of drug-likeness (QED) is 0.705. The van der Waals surface area contributed by atoms with E-state index in [2.05, 4.69) is 0 Å². The van der Waals surface area contributed by atoms with Gasteiger partial charge in [0.25, 0.3) is 0 Å². The van der Waals surface area contributed by atoms with Crippen molar-refractivity contribution in [3.63, 3.8) is 0 Å². The zero-order chi connectivity index (χ0) is 15.3. The minimum absolute atomic E-state index is 0.0266. The Morgan fingerprint density at radius 1 is 1.15 bits per heavy atom. The standard InChI is InChI=1S/C17H26O3/c1-7-17(8-2,20-9-3)16(18)15-13(5)10-12(4)11-14(15)19-6/h10-11H,7-9H2,1-6H3. The van der Waals surface area contributed by atoms with Crippen LogP contribution in [0.5, 0.6) is 5.75 Å². The van der Waals surface area contributed by atoms with Crippen molar-refractivity contribution >= 4 is 5.78 Å². The summed E-state index contributed by atoms with van der Waals surface area (Å²) in [6.45, 7) is 10.4. The summed E-state index contributed by atoms with van der Waals surface area (Å²) in [7, 11) is 1.60. The number of aryl methyl sites for hydroxylation is 2. The molecule has 0 saturated heterocycles. The lowest BCUT2D eigenvalue weighted by Gasteiger charge is -2.31. The monoisotopic (exact) mass is 278 g/mol. The van der Waals surface area contributed by atoms with Crippen molar-refractivity contribution < 1.29 is 14.3 Å². The van der Waals surface area contributed by atoms with Gasteiger partial charge in [0.1, 0.15) is 11.4 Å². The van der Waals surface area contributed by atoms with Crippen LogP contribution in [0.3, 0.4) is 0 Å². The van der Waals surface area contributed by atoms with Crippen molar-refractivity contribution in [3.05, 3.63) is 28.8 Å². The van der Waals surface area contributed by atoms with Crippen LogP contribution >= 0.6 is 0 Å². The number of carbonyl (C=O) groups is 1. The van der Waals surface area contributed by atoms with E-state index in [9.17, 15) is 4.79 Å². The smallest absolute Gasteiger partial charge is 0.198 e. The van der Waals surface area contributed by atoms with E-state index in [1.54, 1.807) is 7.11 Å². The van der Waals surface area contributed by atoms with Crippen molar-refractivity contribution in [2.75, 3.05) is 13.7 Å². The molecule has 0 saturated carbocycles. The molecule has 0 aliphatic heterocycles. The van der Waals surface area contributed by atoms with E-state index in [0.29, 0.717) is 30.8 Å². The largest absolute Gasteiger partial charge is 0.496 e. The Morgan fingerprint density at radius 2 is 1.75 bits per heavy atom. The number of carbonyl (C=O) groups excluding carboxylic acids is 1. The zero-order valence-electron chi connectivity index (χ0n) is 13.5. The normalized spacial score (nSPS) is 11.5. The summed E-state index contributed by atoms with van der Waals surface area (Å²) in [5, 5.41) is 0. The molecule has 112 valence electrons. The van der Waals surface area contributed by atoms with Gasteiger partial charge >= 0.3 is 0 Å². The zero-order valence-corrected chi connectivity index (χ0v) is 13.5. The summed E-state index contributed by atoms with van der Waals surface area (Å²) >= 11 is 0. The number of benzene rings is 1. The highest BCUT2D eigenvalue weighted by Crippen LogP contribution is 2.33. The highest BCUT2D eigenvalue weighted by Gasteiger charge is 2.38. The van der Waals surface area contributed by atoms with Gasteiger partial charge < -0.3 is 9.47 Å². The van der Waals surface area contributed by atoms with Crippen LogP contribution in [-0.2, 0) is 4.74 Å². The summed E-state index contributed by atoms with van der Waals surface area (Å²) in [5.41, 5.74) is 1.93. The lowest BCUT2D eigenvalue weighted by Crippen LogP contribution is -2.41. The van der Waals surface area contributed by atoms with Crippen LogP contribution in [-0.4, -0.2) is 25.1 Å². The number of hydrogen-bond donors (Lipinski definition) is 0. The molecule has 0 unspecified atom stereocenters. The molecule has 1 aromatic carbocycles.